The minimum atomic E-state index is 0.0754. The monoisotopic (exact) mass is 344 g/mol. The number of rotatable bonds is 6. The molecule has 1 aliphatic heterocycles. The van der Waals surface area contributed by atoms with Crippen molar-refractivity contribution in [2.45, 2.75) is 38.8 Å². The molecule has 0 unspecified atom stereocenters. The van der Waals surface area contributed by atoms with Crippen molar-refractivity contribution in [3.8, 4) is 0 Å². The minimum absolute atomic E-state index is 0.0754. The Kier molecular flexibility index (Phi) is 5.48. The molecule has 1 atom stereocenters. The first-order chi connectivity index (χ1) is 11.6. The van der Waals surface area contributed by atoms with Crippen molar-refractivity contribution in [3.63, 3.8) is 0 Å². The summed E-state index contributed by atoms with van der Waals surface area (Å²) in [6.45, 7) is 4.97. The molecule has 0 aliphatic carbocycles. The van der Waals surface area contributed by atoms with E-state index < -0.39 is 0 Å². The van der Waals surface area contributed by atoms with E-state index in [1.165, 1.54) is 22.5 Å². The van der Waals surface area contributed by atoms with E-state index in [2.05, 4.69) is 46.4 Å². The zero-order chi connectivity index (χ0) is 16.9. The van der Waals surface area contributed by atoms with E-state index in [1.807, 2.05) is 5.38 Å². The summed E-state index contributed by atoms with van der Waals surface area (Å²) in [7, 11) is 0. The number of amides is 1. The Labute approximate surface area is 146 Å². The van der Waals surface area contributed by atoms with Gasteiger partial charge in [-0.2, -0.15) is 0 Å². The van der Waals surface area contributed by atoms with Crippen LogP contribution in [0.25, 0.3) is 0 Å². The largest absolute Gasteiger partial charge is 0.375 e. The van der Waals surface area contributed by atoms with Crippen molar-refractivity contribution in [2.75, 3.05) is 18.8 Å². The summed E-state index contributed by atoms with van der Waals surface area (Å²) in [6, 6.07) is 8.75. The summed E-state index contributed by atoms with van der Waals surface area (Å²) < 4.78 is 0. The number of nitrogens with two attached hydrogens (primary N) is 1. The maximum Gasteiger partial charge on any atom is 0.220 e. The van der Waals surface area contributed by atoms with Gasteiger partial charge >= 0.3 is 0 Å². The molecule has 1 aromatic carbocycles. The summed E-state index contributed by atoms with van der Waals surface area (Å²) in [5, 5.41) is 5.57. The molecule has 1 aromatic heterocycles. The van der Waals surface area contributed by atoms with Crippen molar-refractivity contribution >= 4 is 22.4 Å². The van der Waals surface area contributed by atoms with Gasteiger partial charge in [0.15, 0.2) is 5.13 Å². The number of nitrogen functional groups attached to an aromatic ring is 1. The van der Waals surface area contributed by atoms with Crippen LogP contribution in [0.15, 0.2) is 29.6 Å². The summed E-state index contributed by atoms with van der Waals surface area (Å²) in [5.41, 5.74) is 9.36. The van der Waals surface area contributed by atoms with Crippen LogP contribution in [0, 0.1) is 0 Å². The van der Waals surface area contributed by atoms with Crippen LogP contribution < -0.4 is 11.1 Å². The number of aromatic nitrogens is 1. The third-order valence-corrected chi connectivity index (χ3v) is 5.05. The number of aryl methyl sites for hydroxylation is 1. The summed E-state index contributed by atoms with van der Waals surface area (Å²) >= 11 is 1.42. The Bertz CT molecular complexity index is 700. The molecular formula is C18H24N4OS. The molecule has 0 spiro atoms. The molecule has 1 aliphatic rings. The fourth-order valence-corrected chi connectivity index (χ4v) is 3.77. The van der Waals surface area contributed by atoms with Gasteiger partial charge in [-0.15, -0.1) is 11.3 Å². The average Bonchev–Trinajstić information content (AvgIpc) is 2.98. The Hall–Kier alpha value is -1.92. The van der Waals surface area contributed by atoms with Crippen LogP contribution in [0.1, 0.15) is 30.2 Å². The number of thiazole rings is 1. The second-order valence-electron chi connectivity index (χ2n) is 6.40. The number of anilines is 1. The number of carbonyl (C=O) groups is 1. The van der Waals surface area contributed by atoms with Gasteiger partial charge in [0.05, 0.1) is 5.69 Å². The molecule has 3 N–H and O–H groups in total. The van der Waals surface area contributed by atoms with E-state index in [0.717, 1.165) is 31.7 Å². The van der Waals surface area contributed by atoms with Gasteiger partial charge in [0.25, 0.3) is 0 Å². The topological polar surface area (TPSA) is 71.2 Å². The molecule has 3 rings (SSSR count). The van der Waals surface area contributed by atoms with Gasteiger partial charge in [0.1, 0.15) is 0 Å². The number of carbonyl (C=O) groups excluding carboxylic acids is 1. The lowest BCUT2D eigenvalue weighted by Crippen LogP contribution is -2.43. The predicted octanol–water partition coefficient (Wildman–Crippen LogP) is 2.22. The molecule has 0 bridgehead atoms. The van der Waals surface area contributed by atoms with Gasteiger partial charge < -0.3 is 11.1 Å². The van der Waals surface area contributed by atoms with E-state index in [0.29, 0.717) is 18.0 Å². The molecule has 24 heavy (non-hydrogen) atoms. The second-order valence-corrected chi connectivity index (χ2v) is 7.29. The smallest absolute Gasteiger partial charge is 0.220 e. The Balaban J connectivity index is 1.42. The number of hydrogen-bond donors (Lipinski definition) is 2. The van der Waals surface area contributed by atoms with Gasteiger partial charge in [0.2, 0.25) is 5.91 Å². The maximum atomic E-state index is 12.1. The second kappa shape index (κ2) is 7.77. The molecule has 2 heterocycles. The Morgan fingerprint density at radius 2 is 2.21 bits per heavy atom. The van der Waals surface area contributed by atoms with E-state index in [9.17, 15) is 4.79 Å². The lowest BCUT2D eigenvalue weighted by molar-refractivity contribution is -0.121. The summed E-state index contributed by atoms with van der Waals surface area (Å²) in [6.07, 6.45) is 2.18. The van der Waals surface area contributed by atoms with Gasteiger partial charge in [-0.05, 0) is 30.9 Å². The van der Waals surface area contributed by atoms with Crippen molar-refractivity contribution in [3.05, 3.63) is 46.5 Å². The lowest BCUT2D eigenvalue weighted by Gasteiger charge is -2.31. The van der Waals surface area contributed by atoms with Gasteiger partial charge in [-0.1, -0.05) is 24.3 Å². The standard InChI is InChI=1S/C18H24N4OS/c1-13(20-17(23)7-6-16-12-24-18(19)21-16)10-22-9-8-14-4-2-3-5-15(14)11-22/h2-5,12-13H,6-11H2,1H3,(H2,19,21)(H,20,23)/t13-/m1/s1. The highest BCUT2D eigenvalue weighted by Crippen LogP contribution is 2.18. The van der Waals surface area contributed by atoms with Crippen molar-refractivity contribution in [1.82, 2.24) is 15.2 Å². The average molecular weight is 344 g/mol. The SMILES string of the molecule is C[C@H](CN1CCc2ccccc2C1)NC(=O)CCc1csc(N)n1. The van der Waals surface area contributed by atoms with E-state index in [-0.39, 0.29) is 11.9 Å². The number of nitrogens with one attached hydrogen (secondary N) is 1. The lowest BCUT2D eigenvalue weighted by atomic mass is 10.00. The Morgan fingerprint density at radius 1 is 1.42 bits per heavy atom. The van der Waals surface area contributed by atoms with Crippen LogP contribution >= 0.6 is 11.3 Å². The first-order valence-electron chi connectivity index (χ1n) is 8.38. The first kappa shape index (κ1) is 16.9. The van der Waals surface area contributed by atoms with Crippen LogP contribution in [-0.4, -0.2) is 34.9 Å². The quantitative estimate of drug-likeness (QED) is 0.843. The zero-order valence-corrected chi connectivity index (χ0v) is 14.8. The van der Waals surface area contributed by atoms with E-state index >= 15 is 0 Å². The Morgan fingerprint density at radius 3 is 2.96 bits per heavy atom. The van der Waals surface area contributed by atoms with Gasteiger partial charge in [-0.25, -0.2) is 4.98 Å². The number of fused-ring (bicyclic) bond motifs is 1. The molecule has 6 heteroatoms. The normalized spacial score (nSPS) is 15.7. The molecule has 5 nitrogen and oxygen atoms in total. The molecule has 1 amide bonds. The van der Waals surface area contributed by atoms with Crippen LogP contribution in [0.3, 0.4) is 0 Å². The number of hydrogen-bond acceptors (Lipinski definition) is 5. The third kappa shape index (κ3) is 4.55. The highest BCUT2D eigenvalue weighted by molar-refractivity contribution is 7.13. The van der Waals surface area contributed by atoms with Gasteiger partial charge in [0, 0.05) is 37.5 Å². The van der Waals surface area contributed by atoms with E-state index in [4.69, 9.17) is 5.73 Å². The molecule has 0 radical (unpaired) electrons. The highest BCUT2D eigenvalue weighted by Gasteiger charge is 2.18. The van der Waals surface area contributed by atoms with Crippen LogP contribution in [0.2, 0.25) is 0 Å². The van der Waals surface area contributed by atoms with E-state index in [1.54, 1.807) is 0 Å². The summed E-state index contributed by atoms with van der Waals surface area (Å²) in [4.78, 5) is 18.7. The van der Waals surface area contributed by atoms with Crippen molar-refractivity contribution in [2.24, 2.45) is 0 Å². The van der Waals surface area contributed by atoms with Crippen LogP contribution in [-0.2, 0) is 24.2 Å². The fourth-order valence-electron chi connectivity index (χ4n) is 3.17. The molecule has 0 saturated heterocycles. The summed E-state index contributed by atoms with van der Waals surface area (Å²) in [5.74, 6) is 0.0754. The minimum Gasteiger partial charge on any atom is -0.375 e. The molecule has 2 aromatic rings. The van der Waals surface area contributed by atoms with Crippen LogP contribution in [0.5, 0.6) is 0 Å². The highest BCUT2D eigenvalue weighted by atomic mass is 32.1. The maximum absolute atomic E-state index is 12.1. The van der Waals surface area contributed by atoms with Crippen LogP contribution in [0.4, 0.5) is 5.13 Å². The fraction of sp³-hybridized carbons (Fsp3) is 0.444. The molecular weight excluding hydrogens is 320 g/mol. The molecule has 128 valence electrons. The molecule has 0 saturated carbocycles. The van der Waals surface area contributed by atoms with Crippen molar-refractivity contribution in [1.29, 1.82) is 0 Å². The number of benzene rings is 1. The van der Waals surface area contributed by atoms with Gasteiger partial charge in [-0.3, -0.25) is 9.69 Å². The predicted molar refractivity (Wildman–Crippen MR) is 97.9 cm³/mol. The number of nitrogens with zero attached hydrogens (tertiary/aromatic N) is 2. The molecule has 0 fully saturated rings. The third-order valence-electron chi connectivity index (χ3n) is 4.33. The van der Waals surface area contributed by atoms with Crippen molar-refractivity contribution < 1.29 is 4.79 Å². The zero-order valence-electron chi connectivity index (χ0n) is 14.0. The first-order valence-corrected chi connectivity index (χ1v) is 9.26.